The first-order chi connectivity index (χ1) is 7.19. The predicted molar refractivity (Wildman–Crippen MR) is 53.1 cm³/mol. The van der Waals surface area contributed by atoms with Crippen LogP contribution in [-0.4, -0.2) is 23.2 Å². The number of nitrogens with two attached hydrogens (primary N) is 1. The molecule has 0 atom stereocenters. The van der Waals surface area contributed by atoms with Gasteiger partial charge in [0.15, 0.2) is 5.76 Å². The van der Waals surface area contributed by atoms with E-state index in [-0.39, 0.29) is 30.4 Å². The van der Waals surface area contributed by atoms with Crippen LogP contribution in [0.25, 0.3) is 0 Å². The zero-order valence-electron chi connectivity index (χ0n) is 8.27. The van der Waals surface area contributed by atoms with E-state index >= 15 is 0 Å². The molecule has 0 radical (unpaired) electrons. The minimum Gasteiger partial charge on any atom is -0.455 e. The number of hydrogen-bond acceptors (Lipinski definition) is 4. The van der Waals surface area contributed by atoms with Crippen LogP contribution < -0.4 is 11.1 Å². The smallest absolute Gasteiger partial charge is 0.287 e. The summed E-state index contributed by atoms with van der Waals surface area (Å²) in [5.74, 6) is 0.622. The number of aliphatic hydroxyl groups is 1. The van der Waals surface area contributed by atoms with Crippen LogP contribution in [-0.2, 0) is 6.54 Å². The van der Waals surface area contributed by atoms with Gasteiger partial charge in [0.05, 0.1) is 12.6 Å². The fourth-order valence-electron chi connectivity index (χ4n) is 1.57. The van der Waals surface area contributed by atoms with Gasteiger partial charge in [-0.15, -0.1) is 0 Å². The van der Waals surface area contributed by atoms with E-state index in [0.29, 0.717) is 18.6 Å². The van der Waals surface area contributed by atoms with Crippen molar-refractivity contribution in [3.05, 3.63) is 23.7 Å². The Hall–Kier alpha value is -1.33. The van der Waals surface area contributed by atoms with Crippen molar-refractivity contribution in [3.63, 3.8) is 0 Å². The second kappa shape index (κ2) is 4.04. The molecule has 1 aliphatic rings. The van der Waals surface area contributed by atoms with Crippen LogP contribution in [0.4, 0.5) is 0 Å². The van der Waals surface area contributed by atoms with Crippen LogP contribution in [0, 0.1) is 0 Å². The molecule has 2 rings (SSSR count). The first kappa shape index (κ1) is 10.2. The van der Waals surface area contributed by atoms with Gasteiger partial charge < -0.3 is 20.6 Å². The quantitative estimate of drug-likeness (QED) is 0.654. The molecule has 0 saturated heterocycles. The van der Waals surface area contributed by atoms with E-state index < -0.39 is 0 Å². The van der Waals surface area contributed by atoms with Gasteiger partial charge in [0.25, 0.3) is 5.91 Å². The lowest BCUT2D eigenvalue weighted by Crippen LogP contribution is -2.46. The highest BCUT2D eigenvalue weighted by atomic mass is 16.4. The normalized spacial score (nSPS) is 24.7. The number of aliphatic hydroxyl groups excluding tert-OH is 1. The summed E-state index contributed by atoms with van der Waals surface area (Å²) >= 11 is 0. The third-order valence-corrected chi connectivity index (χ3v) is 2.54. The molecule has 0 bridgehead atoms. The third kappa shape index (κ3) is 2.19. The zero-order chi connectivity index (χ0) is 10.8. The molecule has 4 N–H and O–H groups in total. The number of amides is 1. The molecule has 1 aromatic rings. The van der Waals surface area contributed by atoms with Gasteiger partial charge in [-0.05, 0) is 25.0 Å². The van der Waals surface area contributed by atoms with Crippen LogP contribution in [0.1, 0.15) is 29.2 Å². The second-order valence-electron chi connectivity index (χ2n) is 3.77. The summed E-state index contributed by atoms with van der Waals surface area (Å²) in [5, 5.41) is 11.8. The van der Waals surface area contributed by atoms with Crippen molar-refractivity contribution in [1.82, 2.24) is 5.32 Å². The topological polar surface area (TPSA) is 88.5 Å². The summed E-state index contributed by atoms with van der Waals surface area (Å²) in [7, 11) is 0. The summed E-state index contributed by atoms with van der Waals surface area (Å²) in [6, 6.07) is 3.36. The molecule has 1 aliphatic carbocycles. The lowest BCUT2D eigenvalue weighted by Gasteiger charge is -2.31. The van der Waals surface area contributed by atoms with Crippen molar-refractivity contribution in [2.45, 2.75) is 31.5 Å². The molecule has 1 amide bonds. The maximum Gasteiger partial charge on any atom is 0.287 e. The van der Waals surface area contributed by atoms with Crippen LogP contribution >= 0.6 is 0 Å². The number of carbonyl (C=O) groups is 1. The number of carbonyl (C=O) groups excluding carboxylic acids is 1. The number of furan rings is 1. The lowest BCUT2D eigenvalue weighted by atomic mass is 9.89. The van der Waals surface area contributed by atoms with Gasteiger partial charge in [-0.1, -0.05) is 0 Å². The van der Waals surface area contributed by atoms with Gasteiger partial charge in [-0.2, -0.15) is 0 Å². The minimum absolute atomic E-state index is 0.0685. The van der Waals surface area contributed by atoms with Crippen molar-refractivity contribution in [2.24, 2.45) is 5.73 Å². The molecule has 5 nitrogen and oxygen atoms in total. The van der Waals surface area contributed by atoms with Crippen LogP contribution in [0.15, 0.2) is 16.5 Å². The Bertz CT molecular complexity index is 355. The molecule has 1 saturated carbocycles. The molecule has 5 heteroatoms. The average molecular weight is 210 g/mol. The van der Waals surface area contributed by atoms with Crippen molar-refractivity contribution in [3.8, 4) is 0 Å². The second-order valence-corrected chi connectivity index (χ2v) is 3.77. The fourth-order valence-corrected chi connectivity index (χ4v) is 1.57. The van der Waals surface area contributed by atoms with Crippen molar-refractivity contribution < 1.29 is 14.3 Å². The van der Waals surface area contributed by atoms with Gasteiger partial charge in [0.1, 0.15) is 5.76 Å². The molecular formula is C10H14N2O3. The summed E-state index contributed by atoms with van der Waals surface area (Å²) in [4.78, 5) is 11.6. The zero-order valence-corrected chi connectivity index (χ0v) is 8.27. The van der Waals surface area contributed by atoms with Gasteiger partial charge in [-0.3, -0.25) is 4.79 Å². The van der Waals surface area contributed by atoms with E-state index in [0.717, 1.165) is 0 Å². The molecule has 15 heavy (non-hydrogen) atoms. The lowest BCUT2D eigenvalue weighted by molar-refractivity contribution is 0.0550. The van der Waals surface area contributed by atoms with Crippen molar-refractivity contribution >= 4 is 5.91 Å². The first-order valence-electron chi connectivity index (χ1n) is 4.96. The molecule has 1 heterocycles. The van der Waals surface area contributed by atoms with Crippen LogP contribution in [0.2, 0.25) is 0 Å². The number of rotatable bonds is 3. The molecule has 0 spiro atoms. The summed E-state index contributed by atoms with van der Waals surface area (Å²) in [6.45, 7) is 0.287. The van der Waals surface area contributed by atoms with Crippen LogP contribution in [0.3, 0.4) is 0 Å². The van der Waals surface area contributed by atoms with Crippen molar-refractivity contribution in [1.29, 1.82) is 0 Å². The molecule has 0 aromatic carbocycles. The van der Waals surface area contributed by atoms with Gasteiger partial charge >= 0.3 is 0 Å². The van der Waals surface area contributed by atoms with E-state index in [1.54, 1.807) is 12.1 Å². The molecule has 0 aliphatic heterocycles. The van der Waals surface area contributed by atoms with E-state index in [1.165, 1.54) is 0 Å². The number of nitrogens with one attached hydrogen (secondary N) is 1. The Morgan fingerprint density at radius 3 is 2.87 bits per heavy atom. The Labute approximate surface area is 87.3 Å². The summed E-state index contributed by atoms with van der Waals surface area (Å²) < 4.78 is 5.19. The SMILES string of the molecule is NCc1ccc(C(=O)NC2CC(O)C2)o1. The van der Waals surface area contributed by atoms with Crippen molar-refractivity contribution in [2.75, 3.05) is 0 Å². The van der Waals surface area contributed by atoms with E-state index in [9.17, 15) is 4.79 Å². The van der Waals surface area contributed by atoms with Crippen LogP contribution in [0.5, 0.6) is 0 Å². The van der Waals surface area contributed by atoms with Gasteiger partial charge in [0.2, 0.25) is 0 Å². The van der Waals surface area contributed by atoms with E-state index in [2.05, 4.69) is 5.32 Å². The largest absolute Gasteiger partial charge is 0.455 e. The third-order valence-electron chi connectivity index (χ3n) is 2.54. The maximum absolute atomic E-state index is 11.6. The highest BCUT2D eigenvalue weighted by molar-refractivity contribution is 5.91. The summed E-state index contributed by atoms with van der Waals surface area (Å²) in [5.41, 5.74) is 5.36. The maximum atomic E-state index is 11.6. The first-order valence-corrected chi connectivity index (χ1v) is 4.96. The molecule has 82 valence electrons. The Morgan fingerprint density at radius 2 is 2.33 bits per heavy atom. The highest BCUT2D eigenvalue weighted by Crippen LogP contribution is 2.20. The number of hydrogen-bond donors (Lipinski definition) is 3. The Kier molecular flexibility index (Phi) is 2.75. The standard InChI is InChI=1S/C10H14N2O3/c11-5-8-1-2-9(15-8)10(14)12-6-3-7(13)4-6/h1-2,6-7,13H,3-5,11H2,(H,12,14). The van der Waals surface area contributed by atoms with E-state index in [4.69, 9.17) is 15.3 Å². The Morgan fingerprint density at radius 1 is 1.60 bits per heavy atom. The molecule has 1 fully saturated rings. The Balaban J connectivity index is 1.90. The monoisotopic (exact) mass is 210 g/mol. The highest BCUT2D eigenvalue weighted by Gasteiger charge is 2.29. The van der Waals surface area contributed by atoms with Gasteiger partial charge in [-0.25, -0.2) is 0 Å². The fraction of sp³-hybridized carbons (Fsp3) is 0.500. The average Bonchev–Trinajstić information content (AvgIpc) is 2.63. The molecule has 0 unspecified atom stereocenters. The molecule has 1 aromatic heterocycles. The minimum atomic E-state index is -0.272. The molecular weight excluding hydrogens is 196 g/mol. The summed E-state index contributed by atoms with van der Waals surface area (Å²) in [6.07, 6.45) is 0.971. The van der Waals surface area contributed by atoms with Gasteiger partial charge in [0, 0.05) is 6.04 Å². The van der Waals surface area contributed by atoms with E-state index in [1.807, 2.05) is 0 Å². The predicted octanol–water partition coefficient (Wildman–Crippen LogP) is -0.00860.